The van der Waals surface area contributed by atoms with Gasteiger partial charge in [-0.3, -0.25) is 4.79 Å². The van der Waals surface area contributed by atoms with Crippen LogP contribution in [-0.2, 0) is 11.2 Å². The van der Waals surface area contributed by atoms with Crippen molar-refractivity contribution in [1.29, 1.82) is 0 Å². The molecule has 1 heterocycles. The summed E-state index contributed by atoms with van der Waals surface area (Å²) in [5.41, 5.74) is 2.22. The van der Waals surface area contributed by atoms with Crippen LogP contribution in [0.1, 0.15) is 36.3 Å². The quantitative estimate of drug-likeness (QED) is 0.922. The Labute approximate surface area is 119 Å². The number of benzene rings is 1. The Kier molecular flexibility index (Phi) is 4.83. The second-order valence-electron chi connectivity index (χ2n) is 5.33. The van der Waals surface area contributed by atoms with E-state index in [1.807, 2.05) is 12.1 Å². The molecule has 1 N–H and O–H groups in total. The van der Waals surface area contributed by atoms with Crippen molar-refractivity contribution < 1.29 is 9.90 Å². The molecule has 0 amide bonds. The van der Waals surface area contributed by atoms with Gasteiger partial charge in [0.25, 0.3) is 0 Å². The van der Waals surface area contributed by atoms with Crippen LogP contribution >= 0.6 is 11.6 Å². The summed E-state index contributed by atoms with van der Waals surface area (Å²) in [6, 6.07) is 6.02. The molecule has 1 aliphatic heterocycles. The van der Waals surface area contributed by atoms with Gasteiger partial charge in [0.1, 0.15) is 0 Å². The molecule has 1 aromatic rings. The molecular formula is C15H20ClNO2. The first-order chi connectivity index (χ1) is 9.06. The summed E-state index contributed by atoms with van der Waals surface area (Å²) >= 11 is 6.35. The highest BCUT2D eigenvalue weighted by Crippen LogP contribution is 2.33. The fraction of sp³-hybridized carbons (Fsp3) is 0.533. The fourth-order valence-corrected chi connectivity index (χ4v) is 2.99. The number of carboxylic acid groups (broad SMARTS) is 1. The first-order valence-corrected chi connectivity index (χ1v) is 7.12. The van der Waals surface area contributed by atoms with E-state index >= 15 is 0 Å². The lowest BCUT2D eigenvalue weighted by Gasteiger charge is -2.29. The van der Waals surface area contributed by atoms with E-state index in [1.165, 1.54) is 5.56 Å². The predicted molar refractivity (Wildman–Crippen MR) is 76.9 cm³/mol. The third-order valence-corrected chi connectivity index (χ3v) is 4.18. The molecule has 1 aromatic carbocycles. The number of likely N-dealkylation sites (tertiary alicyclic amines) is 1. The lowest BCUT2D eigenvalue weighted by molar-refractivity contribution is -0.136. The number of carboxylic acids is 1. The van der Waals surface area contributed by atoms with Gasteiger partial charge in [-0.15, -0.1) is 0 Å². The minimum Gasteiger partial charge on any atom is -0.481 e. The summed E-state index contributed by atoms with van der Waals surface area (Å²) in [5.74, 6) is -0.229. The van der Waals surface area contributed by atoms with Crippen molar-refractivity contribution in [2.45, 2.75) is 31.6 Å². The van der Waals surface area contributed by atoms with Crippen LogP contribution in [0.25, 0.3) is 0 Å². The van der Waals surface area contributed by atoms with Crippen molar-refractivity contribution >= 4 is 17.6 Å². The Morgan fingerprint density at radius 1 is 1.42 bits per heavy atom. The molecule has 4 heteroatoms. The van der Waals surface area contributed by atoms with E-state index in [0.29, 0.717) is 12.3 Å². The van der Waals surface area contributed by atoms with E-state index in [1.54, 1.807) is 0 Å². The van der Waals surface area contributed by atoms with E-state index in [9.17, 15) is 4.79 Å². The Hall–Kier alpha value is -1.06. The molecule has 1 saturated heterocycles. The maximum absolute atomic E-state index is 10.6. The number of halogens is 1. The van der Waals surface area contributed by atoms with Crippen molar-refractivity contribution in [3.05, 3.63) is 34.3 Å². The second kappa shape index (κ2) is 6.40. The highest BCUT2D eigenvalue weighted by molar-refractivity contribution is 6.31. The number of piperidine rings is 1. The van der Waals surface area contributed by atoms with Crippen molar-refractivity contribution in [2.24, 2.45) is 0 Å². The number of aryl methyl sites for hydroxylation is 1. The lowest BCUT2D eigenvalue weighted by atomic mass is 9.89. The minimum absolute atomic E-state index is 0.157. The van der Waals surface area contributed by atoms with Crippen LogP contribution in [0.3, 0.4) is 0 Å². The zero-order valence-corrected chi connectivity index (χ0v) is 12.0. The number of nitrogens with zero attached hydrogens (tertiary/aromatic N) is 1. The van der Waals surface area contributed by atoms with Gasteiger partial charge in [0.15, 0.2) is 0 Å². The summed E-state index contributed by atoms with van der Waals surface area (Å²) in [4.78, 5) is 12.9. The van der Waals surface area contributed by atoms with Gasteiger partial charge in [-0.1, -0.05) is 23.7 Å². The van der Waals surface area contributed by atoms with Crippen LogP contribution < -0.4 is 0 Å². The van der Waals surface area contributed by atoms with Crippen LogP contribution in [-0.4, -0.2) is 36.1 Å². The molecule has 104 valence electrons. The average Bonchev–Trinajstić information content (AvgIpc) is 2.38. The van der Waals surface area contributed by atoms with Gasteiger partial charge in [0.2, 0.25) is 0 Å². The van der Waals surface area contributed by atoms with E-state index < -0.39 is 5.97 Å². The summed E-state index contributed by atoms with van der Waals surface area (Å²) in [6.45, 7) is 2.23. The Morgan fingerprint density at radius 3 is 2.68 bits per heavy atom. The van der Waals surface area contributed by atoms with Gasteiger partial charge in [0.05, 0.1) is 0 Å². The van der Waals surface area contributed by atoms with Crippen LogP contribution in [0.15, 0.2) is 18.2 Å². The van der Waals surface area contributed by atoms with Crippen molar-refractivity contribution in [1.82, 2.24) is 4.90 Å². The molecule has 1 aliphatic rings. The highest BCUT2D eigenvalue weighted by Gasteiger charge is 2.20. The molecule has 2 rings (SSSR count). The first-order valence-electron chi connectivity index (χ1n) is 6.75. The van der Waals surface area contributed by atoms with Crippen LogP contribution in [0, 0.1) is 0 Å². The third-order valence-electron chi connectivity index (χ3n) is 3.85. The molecule has 19 heavy (non-hydrogen) atoms. The zero-order valence-electron chi connectivity index (χ0n) is 11.2. The lowest BCUT2D eigenvalue weighted by Crippen LogP contribution is -2.29. The maximum Gasteiger partial charge on any atom is 0.303 e. The van der Waals surface area contributed by atoms with E-state index in [-0.39, 0.29) is 6.42 Å². The molecule has 0 bridgehead atoms. The molecule has 0 aliphatic carbocycles. The van der Waals surface area contributed by atoms with E-state index in [4.69, 9.17) is 16.7 Å². The summed E-state index contributed by atoms with van der Waals surface area (Å²) in [7, 11) is 2.15. The van der Waals surface area contributed by atoms with Gasteiger partial charge in [-0.2, -0.15) is 0 Å². The molecule has 3 nitrogen and oxygen atoms in total. The van der Waals surface area contributed by atoms with Gasteiger partial charge >= 0.3 is 5.97 Å². The van der Waals surface area contributed by atoms with Crippen molar-refractivity contribution in [3.8, 4) is 0 Å². The number of aliphatic carboxylic acids is 1. The molecule has 0 unspecified atom stereocenters. The standard InChI is InChI=1S/C15H20ClNO2/c1-17-8-6-12(7-9-17)13-4-2-11(10-14(13)16)3-5-15(18)19/h2,4,10,12H,3,5-9H2,1H3,(H,18,19). The molecule has 0 radical (unpaired) electrons. The molecule has 0 atom stereocenters. The molecule has 0 saturated carbocycles. The molecular weight excluding hydrogens is 262 g/mol. The van der Waals surface area contributed by atoms with Gasteiger partial charge in [-0.25, -0.2) is 0 Å². The topological polar surface area (TPSA) is 40.5 Å². The van der Waals surface area contributed by atoms with Gasteiger partial charge < -0.3 is 10.0 Å². The SMILES string of the molecule is CN1CCC(c2ccc(CCC(=O)O)cc2Cl)CC1. The number of hydrogen-bond donors (Lipinski definition) is 1. The maximum atomic E-state index is 10.6. The third kappa shape index (κ3) is 3.95. The molecule has 0 spiro atoms. The van der Waals surface area contributed by atoms with Crippen LogP contribution in [0.5, 0.6) is 0 Å². The summed E-state index contributed by atoms with van der Waals surface area (Å²) in [6.07, 6.45) is 2.99. The Balaban J connectivity index is 2.04. The van der Waals surface area contributed by atoms with Gasteiger partial charge in [0, 0.05) is 11.4 Å². The fourth-order valence-electron chi connectivity index (χ4n) is 2.63. The number of hydrogen-bond acceptors (Lipinski definition) is 2. The predicted octanol–water partition coefficient (Wildman–Crippen LogP) is 3.17. The van der Waals surface area contributed by atoms with E-state index in [0.717, 1.165) is 36.5 Å². The molecule has 1 fully saturated rings. The van der Waals surface area contributed by atoms with Crippen molar-refractivity contribution in [2.75, 3.05) is 20.1 Å². The Bertz CT molecular complexity index is 453. The van der Waals surface area contributed by atoms with Crippen LogP contribution in [0.2, 0.25) is 5.02 Å². The molecule has 0 aromatic heterocycles. The average molecular weight is 282 g/mol. The minimum atomic E-state index is -0.768. The number of rotatable bonds is 4. The van der Waals surface area contributed by atoms with E-state index in [2.05, 4.69) is 18.0 Å². The monoisotopic (exact) mass is 281 g/mol. The van der Waals surface area contributed by atoms with Crippen LogP contribution in [0.4, 0.5) is 0 Å². The number of carbonyl (C=O) groups is 1. The largest absolute Gasteiger partial charge is 0.481 e. The van der Waals surface area contributed by atoms with Crippen molar-refractivity contribution in [3.63, 3.8) is 0 Å². The second-order valence-corrected chi connectivity index (χ2v) is 5.73. The summed E-state index contributed by atoms with van der Waals surface area (Å²) < 4.78 is 0. The normalized spacial score (nSPS) is 17.6. The highest BCUT2D eigenvalue weighted by atomic mass is 35.5. The zero-order chi connectivity index (χ0) is 13.8. The summed E-state index contributed by atoms with van der Waals surface area (Å²) in [5, 5.41) is 9.48. The smallest absolute Gasteiger partial charge is 0.303 e. The van der Waals surface area contributed by atoms with Gasteiger partial charge in [-0.05, 0) is 62.5 Å². The first kappa shape index (κ1) is 14.4. The Morgan fingerprint density at radius 2 is 2.11 bits per heavy atom.